The first-order chi connectivity index (χ1) is 11.6. The Bertz CT molecular complexity index is 777. The number of hydrogen-bond donors (Lipinski definition) is 0. The monoisotopic (exact) mass is 317 g/mol. The summed E-state index contributed by atoms with van der Waals surface area (Å²) in [5.41, 5.74) is 2.04. The number of nitriles is 1. The van der Waals surface area contributed by atoms with Gasteiger partial charge in [0.2, 0.25) is 0 Å². The summed E-state index contributed by atoms with van der Waals surface area (Å²) in [5, 5.41) is 8.86. The molecule has 0 radical (unpaired) electrons. The van der Waals surface area contributed by atoms with Crippen LogP contribution in [0.25, 0.3) is 0 Å². The Morgan fingerprint density at radius 2 is 1.62 bits per heavy atom. The number of benzene rings is 2. The molecule has 2 heteroatoms. The highest BCUT2D eigenvalue weighted by molar-refractivity contribution is 5.43. The van der Waals surface area contributed by atoms with Crippen LogP contribution >= 0.6 is 0 Å². The molecule has 1 aliphatic rings. The van der Waals surface area contributed by atoms with Crippen LogP contribution in [0.2, 0.25) is 0 Å². The number of hydrogen-bond acceptors (Lipinski definition) is 1. The fraction of sp³-hybridized carbons (Fsp3) is 0.227. The van der Waals surface area contributed by atoms with Gasteiger partial charge in [0, 0.05) is 5.92 Å². The molecule has 0 saturated carbocycles. The maximum absolute atomic E-state index is 15.2. The molecule has 2 aromatic rings. The van der Waals surface area contributed by atoms with Gasteiger partial charge in [-0.25, -0.2) is 4.39 Å². The fourth-order valence-corrected chi connectivity index (χ4v) is 3.02. The van der Waals surface area contributed by atoms with E-state index in [0.29, 0.717) is 11.1 Å². The van der Waals surface area contributed by atoms with E-state index in [1.807, 2.05) is 48.6 Å². The third kappa shape index (κ3) is 3.31. The average Bonchev–Trinajstić information content (AvgIpc) is 2.63. The second-order valence-corrected chi connectivity index (χ2v) is 6.19. The van der Waals surface area contributed by atoms with Gasteiger partial charge >= 0.3 is 0 Å². The molecule has 120 valence electrons. The van der Waals surface area contributed by atoms with E-state index in [1.165, 1.54) is 5.56 Å². The van der Waals surface area contributed by atoms with Crippen LogP contribution in [0.3, 0.4) is 0 Å². The Morgan fingerprint density at radius 3 is 2.17 bits per heavy atom. The quantitative estimate of drug-likeness (QED) is 0.675. The highest BCUT2D eigenvalue weighted by atomic mass is 19.1. The van der Waals surface area contributed by atoms with E-state index in [9.17, 15) is 0 Å². The summed E-state index contributed by atoms with van der Waals surface area (Å²) in [6.45, 7) is 2.14. The van der Waals surface area contributed by atoms with E-state index in [0.717, 1.165) is 18.4 Å². The standard InChI is InChI=1S/C22H20FN/c1-2-3-17-6-10-21(11-7-17)22(23)14-12-20(13-15-22)19-8-4-18(16-24)5-9-19/h4-15,20H,2-3H2,1H3. The third-order valence-corrected chi connectivity index (χ3v) is 4.45. The van der Waals surface area contributed by atoms with E-state index >= 15 is 4.39 Å². The Hall–Kier alpha value is -2.66. The molecule has 0 amide bonds. The summed E-state index contributed by atoms with van der Waals surface area (Å²) in [5.74, 6) is 0.0426. The van der Waals surface area contributed by atoms with E-state index < -0.39 is 5.67 Å². The Morgan fingerprint density at radius 1 is 1.00 bits per heavy atom. The zero-order chi connectivity index (χ0) is 17.0. The Kier molecular flexibility index (Phi) is 4.62. The van der Waals surface area contributed by atoms with E-state index in [1.54, 1.807) is 24.3 Å². The number of alkyl halides is 1. The van der Waals surface area contributed by atoms with E-state index in [4.69, 9.17) is 5.26 Å². The van der Waals surface area contributed by atoms with Crippen LogP contribution < -0.4 is 0 Å². The summed E-state index contributed by atoms with van der Waals surface area (Å²) in [7, 11) is 0. The number of allylic oxidation sites excluding steroid dienone is 4. The zero-order valence-electron chi connectivity index (χ0n) is 13.7. The number of nitrogens with zero attached hydrogens (tertiary/aromatic N) is 1. The summed E-state index contributed by atoms with van der Waals surface area (Å²) < 4.78 is 15.2. The molecule has 1 aliphatic carbocycles. The van der Waals surface area contributed by atoms with Crippen molar-refractivity contribution in [3.63, 3.8) is 0 Å². The summed E-state index contributed by atoms with van der Waals surface area (Å²) >= 11 is 0. The Balaban J connectivity index is 1.78. The lowest BCUT2D eigenvalue weighted by Crippen LogP contribution is -2.17. The molecule has 0 unspecified atom stereocenters. The molecule has 0 spiro atoms. The SMILES string of the molecule is CCCc1ccc(C2(F)C=CC(c3ccc(C#N)cc3)C=C2)cc1. The zero-order valence-corrected chi connectivity index (χ0v) is 13.7. The molecule has 0 N–H and O–H groups in total. The Labute approximate surface area is 142 Å². The van der Waals surface area contributed by atoms with Gasteiger partial charge in [-0.1, -0.05) is 61.9 Å². The molecular weight excluding hydrogens is 297 g/mol. The van der Waals surface area contributed by atoms with Crippen LogP contribution in [0.4, 0.5) is 4.39 Å². The van der Waals surface area contributed by atoms with Crippen molar-refractivity contribution < 1.29 is 4.39 Å². The highest BCUT2D eigenvalue weighted by Gasteiger charge is 2.28. The molecule has 3 rings (SSSR count). The topological polar surface area (TPSA) is 23.8 Å². The maximum Gasteiger partial charge on any atom is 0.172 e. The third-order valence-electron chi connectivity index (χ3n) is 4.45. The van der Waals surface area contributed by atoms with Crippen LogP contribution in [0.5, 0.6) is 0 Å². The van der Waals surface area contributed by atoms with Gasteiger partial charge < -0.3 is 0 Å². The molecule has 0 aromatic heterocycles. The van der Waals surface area contributed by atoms with Gasteiger partial charge in [-0.3, -0.25) is 0 Å². The van der Waals surface area contributed by atoms with E-state index in [-0.39, 0.29) is 5.92 Å². The van der Waals surface area contributed by atoms with Gasteiger partial charge in [-0.2, -0.15) is 5.26 Å². The summed E-state index contributed by atoms with van der Waals surface area (Å²) in [6.07, 6.45) is 9.15. The first-order valence-electron chi connectivity index (χ1n) is 8.32. The number of rotatable bonds is 4. The van der Waals surface area contributed by atoms with Crippen molar-refractivity contribution in [3.8, 4) is 6.07 Å². The minimum absolute atomic E-state index is 0.0426. The first kappa shape index (κ1) is 16.2. The van der Waals surface area contributed by atoms with Crippen LogP contribution in [0, 0.1) is 11.3 Å². The van der Waals surface area contributed by atoms with Gasteiger partial charge in [0.05, 0.1) is 11.6 Å². The van der Waals surface area contributed by atoms with Gasteiger partial charge in [-0.05, 0) is 47.4 Å². The normalized spacial score (nSPS) is 22.3. The first-order valence-corrected chi connectivity index (χ1v) is 8.32. The molecule has 0 aliphatic heterocycles. The van der Waals surface area contributed by atoms with Crippen molar-refractivity contribution in [2.24, 2.45) is 0 Å². The highest BCUT2D eigenvalue weighted by Crippen LogP contribution is 2.36. The maximum atomic E-state index is 15.2. The molecule has 0 heterocycles. The average molecular weight is 317 g/mol. The van der Waals surface area contributed by atoms with Crippen molar-refractivity contribution in [1.29, 1.82) is 5.26 Å². The molecule has 0 bridgehead atoms. The smallest absolute Gasteiger partial charge is 0.172 e. The van der Waals surface area contributed by atoms with Crippen molar-refractivity contribution in [3.05, 3.63) is 95.1 Å². The van der Waals surface area contributed by atoms with Crippen molar-refractivity contribution in [1.82, 2.24) is 0 Å². The lowest BCUT2D eigenvalue weighted by molar-refractivity contribution is 0.302. The van der Waals surface area contributed by atoms with Crippen LogP contribution in [-0.4, -0.2) is 0 Å². The van der Waals surface area contributed by atoms with Crippen LogP contribution in [-0.2, 0) is 12.1 Å². The minimum Gasteiger partial charge on any atom is -0.229 e. The molecule has 1 nitrogen and oxygen atoms in total. The molecule has 24 heavy (non-hydrogen) atoms. The van der Waals surface area contributed by atoms with Crippen molar-refractivity contribution in [2.75, 3.05) is 0 Å². The fourth-order valence-electron chi connectivity index (χ4n) is 3.02. The number of aryl methyl sites for hydroxylation is 1. The molecular formula is C22H20FN. The molecule has 2 aromatic carbocycles. The summed E-state index contributed by atoms with van der Waals surface area (Å²) in [4.78, 5) is 0. The van der Waals surface area contributed by atoms with Gasteiger partial charge in [0.25, 0.3) is 0 Å². The predicted molar refractivity (Wildman–Crippen MR) is 95.4 cm³/mol. The van der Waals surface area contributed by atoms with Gasteiger partial charge in [0.15, 0.2) is 5.67 Å². The molecule has 0 saturated heterocycles. The van der Waals surface area contributed by atoms with Crippen LogP contribution in [0.1, 0.15) is 41.5 Å². The van der Waals surface area contributed by atoms with Crippen molar-refractivity contribution >= 4 is 0 Å². The van der Waals surface area contributed by atoms with E-state index in [2.05, 4.69) is 13.0 Å². The molecule has 0 fully saturated rings. The largest absolute Gasteiger partial charge is 0.229 e. The van der Waals surface area contributed by atoms with Gasteiger partial charge in [-0.15, -0.1) is 0 Å². The van der Waals surface area contributed by atoms with Crippen LogP contribution in [0.15, 0.2) is 72.8 Å². The van der Waals surface area contributed by atoms with Crippen molar-refractivity contribution in [2.45, 2.75) is 31.4 Å². The van der Waals surface area contributed by atoms with Gasteiger partial charge in [0.1, 0.15) is 0 Å². The minimum atomic E-state index is -1.55. The molecule has 0 atom stereocenters. The number of halogens is 1. The second-order valence-electron chi connectivity index (χ2n) is 6.19. The lowest BCUT2D eigenvalue weighted by atomic mass is 9.85. The second kappa shape index (κ2) is 6.84. The predicted octanol–water partition coefficient (Wildman–Crippen LogP) is 5.59. The summed E-state index contributed by atoms with van der Waals surface area (Å²) in [6, 6.07) is 17.3. The lowest BCUT2D eigenvalue weighted by Gasteiger charge is -2.24.